The topological polar surface area (TPSA) is 26.3 Å². The number of ether oxygens (including phenoxy) is 1. The van der Waals surface area contributed by atoms with E-state index in [1.165, 1.54) is 0 Å². The zero-order chi connectivity index (χ0) is 11.4. The molecule has 0 heterocycles. The van der Waals surface area contributed by atoms with Crippen molar-refractivity contribution in [2.24, 2.45) is 5.92 Å². The minimum absolute atomic E-state index is 0.0248. The molecule has 1 aliphatic carbocycles. The second-order valence-electron chi connectivity index (χ2n) is 4.36. The van der Waals surface area contributed by atoms with Gasteiger partial charge < -0.3 is 4.74 Å². The van der Waals surface area contributed by atoms with Crippen LogP contribution in [0.15, 0.2) is 24.3 Å². The molecule has 0 spiro atoms. The van der Waals surface area contributed by atoms with Crippen molar-refractivity contribution >= 4 is 5.78 Å². The van der Waals surface area contributed by atoms with Crippen molar-refractivity contribution < 1.29 is 9.53 Å². The fraction of sp³-hybridized carbons (Fsp3) is 0.615. The lowest BCUT2D eigenvalue weighted by molar-refractivity contribution is -0.112. The predicted molar refractivity (Wildman–Crippen MR) is 61.7 cm³/mol. The SMILES string of the molecule is C=C(C)C(=O)C(=C)[C@H]1CCC[C@@H](OC)C1. The minimum Gasteiger partial charge on any atom is -0.381 e. The van der Waals surface area contributed by atoms with Crippen molar-refractivity contribution in [3.63, 3.8) is 0 Å². The third-order valence-electron chi connectivity index (χ3n) is 3.13. The first kappa shape index (κ1) is 12.2. The highest BCUT2D eigenvalue weighted by Crippen LogP contribution is 2.31. The molecule has 0 amide bonds. The Morgan fingerprint density at radius 2 is 2.00 bits per heavy atom. The molecule has 0 aromatic heterocycles. The molecule has 2 atom stereocenters. The van der Waals surface area contributed by atoms with Crippen LogP contribution in [0.3, 0.4) is 0 Å². The standard InChI is InChI=1S/C13H20O2/c1-9(2)13(14)10(3)11-6-5-7-12(8-11)15-4/h11-12H,1,3,5-8H2,2,4H3/t11-,12+/m0/s1. The first-order valence-corrected chi connectivity index (χ1v) is 5.48. The summed E-state index contributed by atoms with van der Waals surface area (Å²) in [4.78, 5) is 11.7. The van der Waals surface area contributed by atoms with E-state index in [1.807, 2.05) is 0 Å². The fourth-order valence-electron chi connectivity index (χ4n) is 2.14. The second kappa shape index (κ2) is 5.26. The van der Waals surface area contributed by atoms with Gasteiger partial charge in [0.1, 0.15) is 0 Å². The second-order valence-corrected chi connectivity index (χ2v) is 4.36. The molecule has 0 aromatic carbocycles. The van der Waals surface area contributed by atoms with E-state index in [0.717, 1.165) is 25.7 Å². The zero-order valence-corrected chi connectivity index (χ0v) is 9.71. The summed E-state index contributed by atoms with van der Waals surface area (Å²) in [5.74, 6) is 0.310. The smallest absolute Gasteiger partial charge is 0.183 e. The summed E-state index contributed by atoms with van der Waals surface area (Å²) in [6.07, 6.45) is 4.48. The van der Waals surface area contributed by atoms with Crippen molar-refractivity contribution in [1.82, 2.24) is 0 Å². The molecule has 1 saturated carbocycles. The first-order chi connectivity index (χ1) is 7.06. The van der Waals surface area contributed by atoms with Gasteiger partial charge in [-0.25, -0.2) is 0 Å². The number of hydrogen-bond donors (Lipinski definition) is 0. The van der Waals surface area contributed by atoms with Crippen molar-refractivity contribution in [3.8, 4) is 0 Å². The van der Waals surface area contributed by atoms with Crippen LogP contribution in [0.5, 0.6) is 0 Å². The summed E-state index contributed by atoms with van der Waals surface area (Å²) in [6, 6.07) is 0. The molecule has 0 N–H and O–H groups in total. The Hall–Kier alpha value is -0.890. The fourth-order valence-corrected chi connectivity index (χ4v) is 2.14. The van der Waals surface area contributed by atoms with Gasteiger partial charge in [0.25, 0.3) is 0 Å². The lowest BCUT2D eigenvalue weighted by Crippen LogP contribution is -2.25. The highest BCUT2D eigenvalue weighted by atomic mass is 16.5. The van der Waals surface area contributed by atoms with Gasteiger partial charge in [-0.1, -0.05) is 19.6 Å². The molecule has 15 heavy (non-hydrogen) atoms. The van der Waals surface area contributed by atoms with E-state index in [4.69, 9.17) is 4.74 Å². The normalized spacial score (nSPS) is 26.0. The Morgan fingerprint density at radius 3 is 2.53 bits per heavy atom. The summed E-state index contributed by atoms with van der Waals surface area (Å²) in [5.41, 5.74) is 1.30. The Kier molecular flexibility index (Phi) is 4.28. The molecule has 2 nitrogen and oxygen atoms in total. The summed E-state index contributed by atoms with van der Waals surface area (Å²) in [7, 11) is 1.73. The maximum Gasteiger partial charge on any atom is 0.183 e. The van der Waals surface area contributed by atoms with Gasteiger partial charge >= 0.3 is 0 Å². The molecule has 1 fully saturated rings. The molecule has 2 heteroatoms. The lowest BCUT2D eigenvalue weighted by Gasteiger charge is -2.29. The Morgan fingerprint density at radius 1 is 1.33 bits per heavy atom. The molecule has 0 unspecified atom stereocenters. The van der Waals surface area contributed by atoms with Crippen molar-refractivity contribution in [2.45, 2.75) is 38.7 Å². The average molecular weight is 208 g/mol. The number of carbonyl (C=O) groups is 1. The molecule has 0 aromatic rings. The summed E-state index contributed by atoms with van der Waals surface area (Å²) in [5, 5.41) is 0. The molecule has 0 saturated heterocycles. The number of Topliss-reactive ketones (excluding diaryl/α,β-unsaturated/α-hetero) is 1. The van der Waals surface area contributed by atoms with E-state index < -0.39 is 0 Å². The maximum absolute atomic E-state index is 11.7. The molecular formula is C13H20O2. The monoisotopic (exact) mass is 208 g/mol. The molecule has 1 rings (SSSR count). The van der Waals surface area contributed by atoms with Gasteiger partial charge in [0.05, 0.1) is 6.10 Å². The summed E-state index contributed by atoms with van der Waals surface area (Å²) in [6.45, 7) is 9.31. The number of rotatable bonds is 4. The van der Waals surface area contributed by atoms with Crippen LogP contribution in [-0.2, 0) is 9.53 Å². The van der Waals surface area contributed by atoms with Gasteiger partial charge in [-0.2, -0.15) is 0 Å². The highest BCUT2D eigenvalue weighted by Gasteiger charge is 2.26. The van der Waals surface area contributed by atoms with Gasteiger partial charge in [-0.3, -0.25) is 4.79 Å². The Balaban J connectivity index is 2.60. The Bertz CT molecular complexity index is 278. The molecule has 0 bridgehead atoms. The number of allylic oxidation sites excluding steroid dienone is 2. The van der Waals surface area contributed by atoms with Gasteiger partial charge in [-0.05, 0) is 43.3 Å². The zero-order valence-electron chi connectivity index (χ0n) is 9.71. The third-order valence-corrected chi connectivity index (χ3v) is 3.13. The molecule has 0 radical (unpaired) electrons. The summed E-state index contributed by atoms with van der Waals surface area (Å²) < 4.78 is 5.34. The van der Waals surface area contributed by atoms with E-state index in [-0.39, 0.29) is 11.7 Å². The van der Waals surface area contributed by atoms with Crippen LogP contribution < -0.4 is 0 Å². The van der Waals surface area contributed by atoms with Crippen LogP contribution in [0.4, 0.5) is 0 Å². The van der Waals surface area contributed by atoms with Crippen LogP contribution in [0.25, 0.3) is 0 Å². The molecule has 0 aliphatic heterocycles. The average Bonchev–Trinajstić information content (AvgIpc) is 2.27. The van der Waals surface area contributed by atoms with Crippen molar-refractivity contribution in [2.75, 3.05) is 7.11 Å². The number of ketones is 1. The van der Waals surface area contributed by atoms with Crippen molar-refractivity contribution in [3.05, 3.63) is 24.3 Å². The van der Waals surface area contributed by atoms with Gasteiger partial charge in [0.2, 0.25) is 0 Å². The van der Waals surface area contributed by atoms with E-state index in [0.29, 0.717) is 17.3 Å². The maximum atomic E-state index is 11.7. The van der Waals surface area contributed by atoms with Gasteiger partial charge in [0.15, 0.2) is 5.78 Å². The van der Waals surface area contributed by atoms with Crippen LogP contribution in [0.2, 0.25) is 0 Å². The Labute approximate surface area is 92.0 Å². The van der Waals surface area contributed by atoms with Crippen LogP contribution in [0, 0.1) is 5.92 Å². The van der Waals surface area contributed by atoms with Gasteiger partial charge in [0, 0.05) is 7.11 Å². The molecular weight excluding hydrogens is 188 g/mol. The van der Waals surface area contributed by atoms with E-state index in [2.05, 4.69) is 13.2 Å². The third kappa shape index (κ3) is 3.03. The number of hydrogen-bond acceptors (Lipinski definition) is 2. The van der Waals surface area contributed by atoms with Crippen molar-refractivity contribution in [1.29, 1.82) is 0 Å². The lowest BCUT2D eigenvalue weighted by atomic mass is 9.80. The van der Waals surface area contributed by atoms with Crippen LogP contribution >= 0.6 is 0 Å². The first-order valence-electron chi connectivity index (χ1n) is 5.48. The molecule has 1 aliphatic rings. The summed E-state index contributed by atoms with van der Waals surface area (Å²) >= 11 is 0. The number of carbonyl (C=O) groups excluding carboxylic acids is 1. The number of methoxy groups -OCH3 is 1. The van der Waals surface area contributed by atoms with E-state index in [1.54, 1.807) is 14.0 Å². The van der Waals surface area contributed by atoms with E-state index in [9.17, 15) is 4.79 Å². The minimum atomic E-state index is 0.0248. The molecule has 84 valence electrons. The predicted octanol–water partition coefficient (Wildman–Crippen LogP) is 2.89. The highest BCUT2D eigenvalue weighted by molar-refractivity contribution is 6.07. The quantitative estimate of drug-likeness (QED) is 0.664. The van der Waals surface area contributed by atoms with Crippen LogP contribution in [0.1, 0.15) is 32.6 Å². The van der Waals surface area contributed by atoms with Gasteiger partial charge in [-0.15, -0.1) is 0 Å². The largest absolute Gasteiger partial charge is 0.381 e. The van der Waals surface area contributed by atoms with E-state index >= 15 is 0 Å². The van der Waals surface area contributed by atoms with Crippen LogP contribution in [-0.4, -0.2) is 19.0 Å².